The van der Waals surface area contributed by atoms with E-state index >= 15 is 0 Å². The Morgan fingerprint density at radius 3 is 2.12 bits per heavy atom. The first kappa shape index (κ1) is 24.7. The van der Waals surface area contributed by atoms with E-state index in [0.717, 1.165) is 0 Å². The summed E-state index contributed by atoms with van der Waals surface area (Å²) in [6, 6.07) is 11.6. The van der Waals surface area contributed by atoms with E-state index in [1.54, 1.807) is 31.4 Å². The number of carbonyl (C=O) groups is 2. The van der Waals surface area contributed by atoms with E-state index in [0.29, 0.717) is 22.9 Å². The van der Waals surface area contributed by atoms with Crippen LogP contribution in [0.3, 0.4) is 0 Å². The normalized spacial score (nSPS) is 12.0. The monoisotopic (exact) mass is 487 g/mol. The standard InChI is InChI=1S/C22H25N5O6S/c1-15(26-34(30,31)20-10-8-19(33-3)9-11-20)22(29)25-17-12-23-27(13-17)14-21(28)24-16-4-6-18(32-2)7-5-16/h4-13,15,26H,14H2,1-3H3,(H,24,28)(H,25,29)/t15-/m0/s1. The van der Waals surface area contributed by atoms with Crippen molar-refractivity contribution in [3.8, 4) is 11.5 Å². The number of rotatable bonds is 10. The molecule has 1 heterocycles. The highest BCUT2D eigenvalue weighted by molar-refractivity contribution is 7.89. The smallest absolute Gasteiger partial charge is 0.246 e. The van der Waals surface area contributed by atoms with Gasteiger partial charge in [-0.3, -0.25) is 14.3 Å². The number of methoxy groups -OCH3 is 2. The number of amides is 2. The molecule has 0 fully saturated rings. The van der Waals surface area contributed by atoms with Crippen molar-refractivity contribution in [1.29, 1.82) is 0 Å². The molecule has 1 atom stereocenters. The highest BCUT2D eigenvalue weighted by Crippen LogP contribution is 2.17. The molecular weight excluding hydrogens is 462 g/mol. The Morgan fingerprint density at radius 2 is 1.53 bits per heavy atom. The van der Waals surface area contributed by atoms with Crippen molar-refractivity contribution in [1.82, 2.24) is 14.5 Å². The van der Waals surface area contributed by atoms with E-state index in [4.69, 9.17) is 9.47 Å². The summed E-state index contributed by atoms with van der Waals surface area (Å²) in [4.78, 5) is 24.7. The first-order valence-electron chi connectivity index (χ1n) is 10.1. The summed E-state index contributed by atoms with van der Waals surface area (Å²) < 4.78 is 38.8. The Morgan fingerprint density at radius 1 is 0.941 bits per heavy atom. The molecule has 34 heavy (non-hydrogen) atoms. The van der Waals surface area contributed by atoms with Gasteiger partial charge in [-0.1, -0.05) is 0 Å². The van der Waals surface area contributed by atoms with Crippen LogP contribution in [0.25, 0.3) is 0 Å². The molecule has 12 heteroatoms. The number of hydrogen-bond donors (Lipinski definition) is 3. The maximum atomic E-state index is 12.5. The number of sulfonamides is 1. The number of benzene rings is 2. The minimum Gasteiger partial charge on any atom is -0.497 e. The lowest BCUT2D eigenvalue weighted by Gasteiger charge is -2.14. The molecule has 0 aliphatic rings. The maximum Gasteiger partial charge on any atom is 0.246 e. The second-order valence-corrected chi connectivity index (χ2v) is 8.93. The number of hydrogen-bond acceptors (Lipinski definition) is 7. The summed E-state index contributed by atoms with van der Waals surface area (Å²) in [6.45, 7) is 1.34. The molecular formula is C22H25N5O6S. The molecule has 0 aliphatic heterocycles. The molecule has 0 spiro atoms. The molecule has 0 saturated carbocycles. The molecule has 2 aromatic carbocycles. The predicted octanol–water partition coefficient (Wildman–Crippen LogP) is 1.84. The van der Waals surface area contributed by atoms with Crippen LogP contribution in [0.5, 0.6) is 11.5 Å². The average molecular weight is 488 g/mol. The molecule has 0 aliphatic carbocycles. The van der Waals surface area contributed by atoms with Crippen LogP contribution in [-0.2, 0) is 26.2 Å². The van der Waals surface area contributed by atoms with E-state index in [-0.39, 0.29) is 17.3 Å². The largest absolute Gasteiger partial charge is 0.497 e. The number of nitrogens with zero attached hydrogens (tertiary/aromatic N) is 2. The second kappa shape index (κ2) is 10.8. The fraction of sp³-hybridized carbons (Fsp3) is 0.227. The van der Waals surface area contributed by atoms with Crippen LogP contribution in [0.15, 0.2) is 65.8 Å². The number of ether oxygens (including phenoxy) is 2. The van der Waals surface area contributed by atoms with Crippen molar-refractivity contribution in [3.63, 3.8) is 0 Å². The lowest BCUT2D eigenvalue weighted by Crippen LogP contribution is -2.41. The third-order valence-electron chi connectivity index (χ3n) is 4.68. The Kier molecular flexibility index (Phi) is 7.87. The van der Waals surface area contributed by atoms with Gasteiger partial charge >= 0.3 is 0 Å². The summed E-state index contributed by atoms with van der Waals surface area (Å²) in [5.74, 6) is 0.288. The molecule has 0 radical (unpaired) electrons. The first-order valence-corrected chi connectivity index (χ1v) is 11.6. The van der Waals surface area contributed by atoms with Crippen LogP contribution in [-0.4, -0.2) is 50.3 Å². The molecule has 3 aromatic rings. The third kappa shape index (κ3) is 6.56. The highest BCUT2D eigenvalue weighted by atomic mass is 32.2. The molecule has 3 rings (SSSR count). The van der Waals surface area contributed by atoms with Crippen molar-refractivity contribution in [3.05, 3.63) is 60.9 Å². The highest BCUT2D eigenvalue weighted by Gasteiger charge is 2.22. The van der Waals surface area contributed by atoms with Gasteiger partial charge in [-0.15, -0.1) is 0 Å². The molecule has 1 aromatic heterocycles. The van der Waals surface area contributed by atoms with Crippen molar-refractivity contribution in [2.75, 3.05) is 24.9 Å². The van der Waals surface area contributed by atoms with Gasteiger partial charge in [0.2, 0.25) is 21.8 Å². The number of aromatic nitrogens is 2. The molecule has 0 bridgehead atoms. The summed E-state index contributed by atoms with van der Waals surface area (Å²) in [6.07, 6.45) is 2.83. The predicted molar refractivity (Wildman–Crippen MR) is 125 cm³/mol. The zero-order valence-corrected chi connectivity index (χ0v) is 19.6. The minimum absolute atomic E-state index is 0.00337. The summed E-state index contributed by atoms with van der Waals surface area (Å²) in [5, 5.41) is 9.35. The fourth-order valence-corrected chi connectivity index (χ4v) is 4.10. The lowest BCUT2D eigenvalue weighted by molar-refractivity contribution is -0.117. The van der Waals surface area contributed by atoms with Crippen molar-refractivity contribution < 1.29 is 27.5 Å². The van der Waals surface area contributed by atoms with Crippen LogP contribution in [0.4, 0.5) is 11.4 Å². The third-order valence-corrected chi connectivity index (χ3v) is 6.23. The van der Waals surface area contributed by atoms with E-state index in [9.17, 15) is 18.0 Å². The van der Waals surface area contributed by atoms with Crippen LogP contribution < -0.4 is 24.8 Å². The van der Waals surface area contributed by atoms with Crippen molar-refractivity contribution >= 4 is 33.2 Å². The minimum atomic E-state index is -3.91. The van der Waals surface area contributed by atoms with Gasteiger partial charge in [0, 0.05) is 11.9 Å². The molecule has 180 valence electrons. The van der Waals surface area contributed by atoms with Gasteiger partial charge in [0.25, 0.3) is 0 Å². The Bertz CT molecular complexity index is 1240. The molecule has 2 amide bonds. The van der Waals surface area contributed by atoms with Gasteiger partial charge in [-0.05, 0) is 55.5 Å². The van der Waals surface area contributed by atoms with Gasteiger partial charge in [-0.25, -0.2) is 8.42 Å². The maximum absolute atomic E-state index is 12.5. The van der Waals surface area contributed by atoms with Crippen LogP contribution >= 0.6 is 0 Å². The van der Waals surface area contributed by atoms with Gasteiger partial charge in [-0.2, -0.15) is 9.82 Å². The quantitative estimate of drug-likeness (QED) is 0.396. The zero-order chi connectivity index (χ0) is 24.7. The van der Waals surface area contributed by atoms with E-state index in [2.05, 4.69) is 20.5 Å². The summed E-state index contributed by atoms with van der Waals surface area (Å²) >= 11 is 0. The Hall–Kier alpha value is -3.90. The van der Waals surface area contributed by atoms with E-state index < -0.39 is 22.0 Å². The lowest BCUT2D eigenvalue weighted by atomic mass is 10.3. The van der Waals surface area contributed by atoms with Crippen LogP contribution in [0.1, 0.15) is 6.92 Å². The topological polar surface area (TPSA) is 141 Å². The van der Waals surface area contributed by atoms with Crippen molar-refractivity contribution in [2.24, 2.45) is 0 Å². The Balaban J connectivity index is 1.53. The first-order chi connectivity index (χ1) is 16.2. The van der Waals surface area contributed by atoms with Crippen LogP contribution in [0, 0.1) is 0 Å². The van der Waals surface area contributed by atoms with Crippen LogP contribution in [0.2, 0.25) is 0 Å². The molecule has 0 saturated heterocycles. The van der Waals surface area contributed by atoms with Gasteiger partial charge in [0.15, 0.2) is 0 Å². The number of anilines is 2. The summed E-state index contributed by atoms with van der Waals surface area (Å²) in [5.41, 5.74) is 0.919. The number of carbonyl (C=O) groups excluding carboxylic acids is 2. The van der Waals surface area contributed by atoms with Crippen molar-refractivity contribution in [2.45, 2.75) is 24.4 Å². The summed E-state index contributed by atoms with van der Waals surface area (Å²) in [7, 11) is -0.885. The van der Waals surface area contributed by atoms with Gasteiger partial charge in [0.05, 0.1) is 37.0 Å². The fourth-order valence-electron chi connectivity index (χ4n) is 2.90. The Labute approximate surface area is 197 Å². The van der Waals surface area contributed by atoms with E-state index in [1.165, 1.54) is 55.4 Å². The van der Waals surface area contributed by atoms with E-state index in [1.807, 2.05) is 0 Å². The SMILES string of the molecule is COc1ccc(NC(=O)Cn2cc(NC(=O)[C@H](C)NS(=O)(=O)c3ccc(OC)cc3)cn2)cc1. The van der Waals surface area contributed by atoms with Gasteiger partial charge < -0.3 is 20.1 Å². The molecule has 0 unspecified atom stereocenters. The zero-order valence-electron chi connectivity index (χ0n) is 18.8. The molecule has 3 N–H and O–H groups in total. The molecule has 11 nitrogen and oxygen atoms in total. The number of nitrogens with one attached hydrogen (secondary N) is 3. The van der Waals surface area contributed by atoms with Gasteiger partial charge in [0.1, 0.15) is 18.0 Å². The second-order valence-electron chi connectivity index (χ2n) is 7.21. The average Bonchev–Trinajstić information content (AvgIpc) is 3.25.